The molecule has 0 spiro atoms. The van der Waals surface area contributed by atoms with E-state index in [4.69, 9.17) is 4.52 Å². The first-order chi connectivity index (χ1) is 12.2. The summed E-state index contributed by atoms with van der Waals surface area (Å²) in [7, 11) is 0. The first kappa shape index (κ1) is 16.3. The van der Waals surface area contributed by atoms with E-state index in [1.165, 1.54) is 0 Å². The molecule has 4 rings (SSSR count). The van der Waals surface area contributed by atoms with Crippen molar-refractivity contribution in [2.75, 3.05) is 19.6 Å². The summed E-state index contributed by atoms with van der Waals surface area (Å²) in [5, 5.41) is 8.29. The van der Waals surface area contributed by atoms with Crippen molar-refractivity contribution in [1.29, 1.82) is 0 Å². The Kier molecular flexibility index (Phi) is 4.52. The molecule has 0 bridgehead atoms. The third kappa shape index (κ3) is 3.89. The lowest BCUT2D eigenvalue weighted by Gasteiger charge is -2.27. The quantitative estimate of drug-likeness (QED) is 0.752. The Morgan fingerprint density at radius 3 is 2.96 bits per heavy atom. The van der Waals surface area contributed by atoms with Gasteiger partial charge in [0.15, 0.2) is 5.82 Å². The Hall–Kier alpha value is -2.22. The van der Waals surface area contributed by atoms with Crippen LogP contribution in [-0.2, 0) is 17.9 Å². The van der Waals surface area contributed by atoms with Gasteiger partial charge in [0.1, 0.15) is 0 Å². The summed E-state index contributed by atoms with van der Waals surface area (Å²) >= 11 is 0. The van der Waals surface area contributed by atoms with E-state index in [1.54, 1.807) is 13.1 Å². The van der Waals surface area contributed by atoms with E-state index >= 15 is 0 Å². The highest BCUT2D eigenvalue weighted by Gasteiger charge is 2.32. The van der Waals surface area contributed by atoms with Gasteiger partial charge in [0.05, 0.1) is 13.1 Å². The number of rotatable bonds is 7. The maximum absolute atomic E-state index is 12.1. The van der Waals surface area contributed by atoms with Gasteiger partial charge in [-0.3, -0.25) is 14.4 Å². The molecule has 134 valence electrons. The van der Waals surface area contributed by atoms with Crippen molar-refractivity contribution in [2.24, 2.45) is 0 Å². The van der Waals surface area contributed by atoms with Crippen molar-refractivity contribution in [1.82, 2.24) is 29.7 Å². The van der Waals surface area contributed by atoms with E-state index in [1.807, 2.05) is 21.8 Å². The normalized spacial score (nSPS) is 20.9. The van der Waals surface area contributed by atoms with Crippen molar-refractivity contribution in [3.8, 4) is 0 Å². The van der Waals surface area contributed by atoms with Gasteiger partial charge in [0.2, 0.25) is 11.8 Å². The largest absolute Gasteiger partial charge is 0.339 e. The van der Waals surface area contributed by atoms with Crippen molar-refractivity contribution < 1.29 is 9.32 Å². The first-order valence-electron chi connectivity index (χ1n) is 8.98. The van der Waals surface area contributed by atoms with Gasteiger partial charge in [-0.25, -0.2) is 0 Å². The van der Waals surface area contributed by atoms with E-state index in [0.717, 1.165) is 51.3 Å². The fourth-order valence-corrected chi connectivity index (χ4v) is 3.42. The maximum Gasteiger partial charge on any atom is 0.229 e. The molecule has 2 aromatic rings. The van der Waals surface area contributed by atoms with Crippen LogP contribution in [0.1, 0.15) is 43.8 Å². The van der Waals surface area contributed by atoms with Gasteiger partial charge in [-0.05, 0) is 25.3 Å². The smallest absolute Gasteiger partial charge is 0.229 e. The van der Waals surface area contributed by atoms with Gasteiger partial charge in [-0.1, -0.05) is 5.16 Å². The minimum atomic E-state index is 0.0664. The lowest BCUT2D eigenvalue weighted by atomic mass is 10.2. The molecule has 8 nitrogen and oxygen atoms in total. The standard InChI is InChI=1S/C17H24N6O2/c1-13(24)23(12-16-19-17(25-20-16)14-3-4-14)15-5-8-21(11-15)9-10-22-7-2-6-18-22/h2,6-7,14-15H,3-5,8-12H2,1H3. The number of carbonyl (C=O) groups is 1. The highest BCUT2D eigenvalue weighted by molar-refractivity contribution is 5.73. The summed E-state index contributed by atoms with van der Waals surface area (Å²) in [4.78, 5) is 20.9. The second-order valence-electron chi connectivity index (χ2n) is 6.98. The molecule has 1 saturated heterocycles. The molecule has 1 atom stereocenters. The average Bonchev–Trinajstić information content (AvgIpc) is 3.04. The molecule has 1 amide bonds. The minimum absolute atomic E-state index is 0.0664. The molecule has 25 heavy (non-hydrogen) atoms. The van der Waals surface area contributed by atoms with Crippen LogP contribution in [0.4, 0.5) is 0 Å². The Balaban J connectivity index is 1.33. The van der Waals surface area contributed by atoms with Gasteiger partial charge in [-0.15, -0.1) is 0 Å². The SMILES string of the molecule is CC(=O)N(Cc1noc(C2CC2)n1)C1CCN(CCn2cccn2)C1. The molecule has 2 fully saturated rings. The first-order valence-corrected chi connectivity index (χ1v) is 8.98. The van der Waals surface area contributed by atoms with Crippen LogP contribution in [0.2, 0.25) is 0 Å². The number of hydrogen-bond donors (Lipinski definition) is 0. The second-order valence-corrected chi connectivity index (χ2v) is 6.98. The summed E-state index contributed by atoms with van der Waals surface area (Å²) in [6.07, 6.45) is 7.01. The molecule has 0 radical (unpaired) electrons. The molecule has 0 N–H and O–H groups in total. The number of nitrogens with zero attached hydrogens (tertiary/aromatic N) is 6. The monoisotopic (exact) mass is 344 g/mol. The van der Waals surface area contributed by atoms with Crippen LogP contribution in [0.15, 0.2) is 23.0 Å². The molecule has 2 aromatic heterocycles. The fraction of sp³-hybridized carbons (Fsp3) is 0.647. The highest BCUT2D eigenvalue weighted by Crippen LogP contribution is 2.38. The van der Waals surface area contributed by atoms with Gasteiger partial charge in [0, 0.05) is 50.9 Å². The molecule has 1 unspecified atom stereocenters. The van der Waals surface area contributed by atoms with Gasteiger partial charge in [0.25, 0.3) is 0 Å². The van der Waals surface area contributed by atoms with Crippen molar-refractivity contribution in [2.45, 2.75) is 51.2 Å². The van der Waals surface area contributed by atoms with Gasteiger partial charge < -0.3 is 9.42 Å². The number of hydrogen-bond acceptors (Lipinski definition) is 6. The molecule has 1 saturated carbocycles. The van der Waals surface area contributed by atoms with Crippen LogP contribution in [-0.4, -0.2) is 61.3 Å². The summed E-state index contributed by atoms with van der Waals surface area (Å²) in [6, 6.07) is 2.14. The van der Waals surface area contributed by atoms with Crippen LogP contribution in [0.25, 0.3) is 0 Å². The van der Waals surface area contributed by atoms with Crippen LogP contribution < -0.4 is 0 Å². The minimum Gasteiger partial charge on any atom is -0.339 e. The molecule has 0 aromatic carbocycles. The number of amides is 1. The number of carbonyl (C=O) groups excluding carboxylic acids is 1. The lowest BCUT2D eigenvalue weighted by molar-refractivity contribution is -0.131. The molecule has 1 aliphatic heterocycles. The van der Waals surface area contributed by atoms with Crippen LogP contribution in [0.3, 0.4) is 0 Å². The van der Waals surface area contributed by atoms with E-state index in [2.05, 4.69) is 20.1 Å². The Bertz CT molecular complexity index is 709. The van der Waals surface area contributed by atoms with Crippen molar-refractivity contribution >= 4 is 5.91 Å². The fourth-order valence-electron chi connectivity index (χ4n) is 3.42. The molecule has 3 heterocycles. The van der Waals surface area contributed by atoms with Crippen molar-refractivity contribution in [3.05, 3.63) is 30.2 Å². The molecular weight excluding hydrogens is 320 g/mol. The van der Waals surface area contributed by atoms with Crippen molar-refractivity contribution in [3.63, 3.8) is 0 Å². The van der Waals surface area contributed by atoms with Crippen LogP contribution in [0.5, 0.6) is 0 Å². The van der Waals surface area contributed by atoms with E-state index in [0.29, 0.717) is 18.3 Å². The third-order valence-corrected chi connectivity index (χ3v) is 5.02. The maximum atomic E-state index is 12.1. The zero-order valence-electron chi connectivity index (χ0n) is 14.5. The molecular formula is C17H24N6O2. The zero-order valence-corrected chi connectivity index (χ0v) is 14.5. The average molecular weight is 344 g/mol. The van der Waals surface area contributed by atoms with Gasteiger partial charge in [-0.2, -0.15) is 10.1 Å². The number of aromatic nitrogens is 4. The third-order valence-electron chi connectivity index (χ3n) is 5.02. The lowest BCUT2D eigenvalue weighted by Crippen LogP contribution is -2.40. The second kappa shape index (κ2) is 6.95. The number of likely N-dealkylation sites (tertiary alicyclic amines) is 1. The Labute approximate surface area is 146 Å². The summed E-state index contributed by atoms with van der Waals surface area (Å²) in [5.41, 5.74) is 0. The summed E-state index contributed by atoms with van der Waals surface area (Å²) in [5.74, 6) is 1.85. The van der Waals surface area contributed by atoms with E-state index < -0.39 is 0 Å². The summed E-state index contributed by atoms with van der Waals surface area (Å²) < 4.78 is 7.25. The highest BCUT2D eigenvalue weighted by atomic mass is 16.5. The molecule has 8 heteroatoms. The van der Waals surface area contributed by atoms with Crippen LogP contribution in [0, 0.1) is 0 Å². The predicted molar refractivity (Wildman–Crippen MR) is 89.6 cm³/mol. The molecule has 1 aliphatic carbocycles. The van der Waals surface area contributed by atoms with E-state index in [9.17, 15) is 4.79 Å². The zero-order chi connectivity index (χ0) is 17.2. The van der Waals surface area contributed by atoms with E-state index in [-0.39, 0.29) is 11.9 Å². The predicted octanol–water partition coefficient (Wildman–Crippen LogP) is 1.27. The topological polar surface area (TPSA) is 80.3 Å². The Morgan fingerprint density at radius 1 is 1.36 bits per heavy atom. The molecule has 2 aliphatic rings. The summed E-state index contributed by atoms with van der Waals surface area (Å²) in [6.45, 7) is 5.74. The van der Waals surface area contributed by atoms with Crippen LogP contribution >= 0.6 is 0 Å². The Morgan fingerprint density at radius 2 is 2.24 bits per heavy atom. The van der Waals surface area contributed by atoms with Gasteiger partial charge >= 0.3 is 0 Å².